The summed E-state index contributed by atoms with van der Waals surface area (Å²) in [5, 5.41) is 8.65. The van der Waals surface area contributed by atoms with Gasteiger partial charge in [0, 0.05) is 18.6 Å². The molecule has 0 unspecified atom stereocenters. The quantitative estimate of drug-likeness (QED) is 0.718. The maximum Gasteiger partial charge on any atom is 0.304 e. The van der Waals surface area contributed by atoms with Crippen molar-refractivity contribution < 1.29 is 9.90 Å². The van der Waals surface area contributed by atoms with Crippen molar-refractivity contribution in [3.63, 3.8) is 0 Å². The highest BCUT2D eigenvalue weighted by Gasteiger charge is 2.23. The zero-order valence-corrected chi connectivity index (χ0v) is 9.48. The number of rotatable bonds is 5. The van der Waals surface area contributed by atoms with E-state index in [-0.39, 0.29) is 6.42 Å². The topological polar surface area (TPSA) is 66.6 Å². The van der Waals surface area contributed by atoms with E-state index >= 15 is 0 Å². The molecule has 0 radical (unpaired) electrons. The highest BCUT2D eigenvalue weighted by molar-refractivity contribution is 5.66. The zero-order chi connectivity index (χ0) is 11.3. The predicted molar refractivity (Wildman–Crippen MR) is 59.7 cm³/mol. The van der Waals surface area contributed by atoms with Crippen molar-refractivity contribution in [1.82, 2.24) is 4.90 Å². The maximum atomic E-state index is 10.5. The third-order valence-corrected chi connectivity index (χ3v) is 3.28. The van der Waals surface area contributed by atoms with Gasteiger partial charge >= 0.3 is 5.97 Å². The molecule has 4 heteroatoms. The van der Waals surface area contributed by atoms with Crippen LogP contribution < -0.4 is 5.73 Å². The van der Waals surface area contributed by atoms with Gasteiger partial charge in [-0.05, 0) is 32.2 Å². The van der Waals surface area contributed by atoms with Crippen molar-refractivity contribution in [1.29, 1.82) is 0 Å². The Hall–Kier alpha value is -0.610. The SMILES string of the molecule is CCN(CCC(=O)O)C1CCC(N)CC1. The lowest BCUT2D eigenvalue weighted by molar-refractivity contribution is -0.137. The van der Waals surface area contributed by atoms with E-state index in [1.807, 2.05) is 0 Å². The summed E-state index contributed by atoms with van der Waals surface area (Å²) in [6.45, 7) is 3.70. The third kappa shape index (κ3) is 4.18. The molecule has 1 aliphatic carbocycles. The van der Waals surface area contributed by atoms with Gasteiger partial charge in [0.25, 0.3) is 0 Å². The second kappa shape index (κ2) is 6.08. The molecule has 0 aromatic carbocycles. The zero-order valence-electron chi connectivity index (χ0n) is 9.48. The van der Waals surface area contributed by atoms with Crippen LogP contribution >= 0.6 is 0 Å². The lowest BCUT2D eigenvalue weighted by Crippen LogP contribution is -2.41. The Morgan fingerprint density at radius 1 is 1.40 bits per heavy atom. The molecule has 0 aromatic rings. The van der Waals surface area contributed by atoms with Crippen molar-refractivity contribution in [3.8, 4) is 0 Å². The molecular weight excluding hydrogens is 192 g/mol. The minimum Gasteiger partial charge on any atom is -0.481 e. The lowest BCUT2D eigenvalue weighted by atomic mass is 9.90. The van der Waals surface area contributed by atoms with Gasteiger partial charge in [0.2, 0.25) is 0 Å². The third-order valence-electron chi connectivity index (χ3n) is 3.28. The Bertz CT molecular complexity index is 201. The molecule has 88 valence electrons. The van der Waals surface area contributed by atoms with Gasteiger partial charge in [-0.25, -0.2) is 0 Å². The van der Waals surface area contributed by atoms with E-state index < -0.39 is 5.97 Å². The second-order valence-electron chi connectivity index (χ2n) is 4.34. The van der Waals surface area contributed by atoms with Gasteiger partial charge < -0.3 is 15.7 Å². The minimum absolute atomic E-state index is 0.246. The summed E-state index contributed by atoms with van der Waals surface area (Å²) < 4.78 is 0. The number of carboxylic acids is 1. The van der Waals surface area contributed by atoms with E-state index in [4.69, 9.17) is 10.8 Å². The fraction of sp³-hybridized carbons (Fsp3) is 0.909. The molecule has 0 saturated heterocycles. The van der Waals surface area contributed by atoms with Gasteiger partial charge in [-0.15, -0.1) is 0 Å². The normalized spacial score (nSPS) is 26.9. The van der Waals surface area contributed by atoms with Crippen molar-refractivity contribution in [3.05, 3.63) is 0 Å². The molecule has 0 aliphatic heterocycles. The van der Waals surface area contributed by atoms with Gasteiger partial charge in [-0.3, -0.25) is 4.79 Å². The molecule has 4 nitrogen and oxygen atoms in total. The molecule has 3 N–H and O–H groups in total. The molecule has 1 aliphatic rings. The lowest BCUT2D eigenvalue weighted by Gasteiger charge is -2.35. The molecule has 15 heavy (non-hydrogen) atoms. The Morgan fingerprint density at radius 2 is 2.00 bits per heavy atom. The van der Waals surface area contributed by atoms with Crippen molar-refractivity contribution in [2.24, 2.45) is 5.73 Å². The molecule has 0 amide bonds. The minimum atomic E-state index is -0.707. The first-order chi connectivity index (χ1) is 7.13. The van der Waals surface area contributed by atoms with Crippen LogP contribution in [0.4, 0.5) is 0 Å². The van der Waals surface area contributed by atoms with Crippen LogP contribution in [0, 0.1) is 0 Å². The predicted octanol–water partition coefficient (Wildman–Crippen LogP) is 1.05. The molecule has 1 fully saturated rings. The van der Waals surface area contributed by atoms with E-state index in [2.05, 4.69) is 11.8 Å². The Balaban J connectivity index is 2.34. The van der Waals surface area contributed by atoms with Gasteiger partial charge in [0.1, 0.15) is 0 Å². The summed E-state index contributed by atoms with van der Waals surface area (Å²) in [7, 11) is 0. The van der Waals surface area contributed by atoms with Gasteiger partial charge in [0.05, 0.1) is 6.42 Å². The van der Waals surface area contributed by atoms with Crippen molar-refractivity contribution >= 4 is 5.97 Å². The molecule has 0 aromatic heterocycles. The smallest absolute Gasteiger partial charge is 0.304 e. The first-order valence-corrected chi connectivity index (χ1v) is 5.85. The van der Waals surface area contributed by atoms with E-state index in [0.717, 1.165) is 32.2 Å². The standard InChI is InChI=1S/C11H22N2O2/c1-2-13(8-7-11(14)15)10-5-3-9(12)4-6-10/h9-10H,2-8,12H2,1H3,(H,14,15). The molecular formula is C11H22N2O2. The average Bonchev–Trinajstić information content (AvgIpc) is 2.21. The largest absolute Gasteiger partial charge is 0.481 e. The monoisotopic (exact) mass is 214 g/mol. The number of nitrogens with zero attached hydrogens (tertiary/aromatic N) is 1. The van der Waals surface area contributed by atoms with E-state index in [1.54, 1.807) is 0 Å². The fourth-order valence-electron chi connectivity index (χ4n) is 2.30. The molecule has 1 rings (SSSR count). The van der Waals surface area contributed by atoms with Crippen LogP contribution in [0.5, 0.6) is 0 Å². The first-order valence-electron chi connectivity index (χ1n) is 5.85. The maximum absolute atomic E-state index is 10.5. The Kier molecular flexibility index (Phi) is 5.05. The Morgan fingerprint density at radius 3 is 2.47 bits per heavy atom. The van der Waals surface area contributed by atoms with Crippen LogP contribution in [0.25, 0.3) is 0 Å². The average molecular weight is 214 g/mol. The summed E-state index contributed by atoms with van der Waals surface area (Å²) in [5.41, 5.74) is 5.85. The molecule has 0 spiro atoms. The van der Waals surface area contributed by atoms with Crippen LogP contribution in [-0.2, 0) is 4.79 Å². The summed E-state index contributed by atoms with van der Waals surface area (Å²) in [6, 6.07) is 0.911. The fourth-order valence-corrected chi connectivity index (χ4v) is 2.30. The molecule has 0 heterocycles. The van der Waals surface area contributed by atoms with Crippen LogP contribution in [0.1, 0.15) is 39.0 Å². The molecule has 0 atom stereocenters. The highest BCUT2D eigenvalue weighted by atomic mass is 16.4. The number of carbonyl (C=O) groups is 1. The molecule has 1 saturated carbocycles. The molecule has 0 bridgehead atoms. The van der Waals surface area contributed by atoms with E-state index in [9.17, 15) is 4.79 Å². The van der Waals surface area contributed by atoms with Gasteiger partial charge in [0.15, 0.2) is 0 Å². The number of aliphatic carboxylic acids is 1. The van der Waals surface area contributed by atoms with Crippen LogP contribution in [0.3, 0.4) is 0 Å². The number of carboxylic acid groups (broad SMARTS) is 1. The summed E-state index contributed by atoms with van der Waals surface area (Å²) in [5.74, 6) is -0.707. The van der Waals surface area contributed by atoms with E-state index in [0.29, 0.717) is 18.6 Å². The highest BCUT2D eigenvalue weighted by Crippen LogP contribution is 2.21. The first kappa shape index (κ1) is 12.5. The van der Waals surface area contributed by atoms with E-state index in [1.165, 1.54) is 0 Å². The van der Waals surface area contributed by atoms with Gasteiger partial charge in [-0.1, -0.05) is 6.92 Å². The summed E-state index contributed by atoms with van der Waals surface area (Å²) >= 11 is 0. The van der Waals surface area contributed by atoms with Gasteiger partial charge in [-0.2, -0.15) is 0 Å². The van der Waals surface area contributed by atoms with Crippen LogP contribution in [0.15, 0.2) is 0 Å². The van der Waals surface area contributed by atoms with Crippen molar-refractivity contribution in [2.45, 2.75) is 51.1 Å². The summed E-state index contributed by atoms with van der Waals surface area (Å²) in [6.07, 6.45) is 4.64. The van der Waals surface area contributed by atoms with Crippen molar-refractivity contribution in [2.75, 3.05) is 13.1 Å². The number of nitrogens with two attached hydrogens (primary N) is 1. The summed E-state index contributed by atoms with van der Waals surface area (Å²) in [4.78, 5) is 12.8. The van der Waals surface area contributed by atoms with Crippen LogP contribution in [-0.4, -0.2) is 41.1 Å². The Labute approximate surface area is 91.4 Å². The number of hydrogen-bond acceptors (Lipinski definition) is 3. The van der Waals surface area contributed by atoms with Crippen LogP contribution in [0.2, 0.25) is 0 Å². The number of hydrogen-bond donors (Lipinski definition) is 2. The second-order valence-corrected chi connectivity index (χ2v) is 4.34.